The van der Waals surface area contributed by atoms with Gasteiger partial charge in [0.1, 0.15) is 5.76 Å². The first-order valence-electron chi connectivity index (χ1n) is 3.44. The highest BCUT2D eigenvalue weighted by molar-refractivity contribution is 5.78. The molecule has 0 aromatic rings. The zero-order valence-corrected chi connectivity index (χ0v) is 6.32. The van der Waals surface area contributed by atoms with Crippen LogP contribution >= 0.6 is 0 Å². The predicted molar refractivity (Wildman–Crippen MR) is 40.3 cm³/mol. The molecule has 0 aromatic heterocycles. The van der Waals surface area contributed by atoms with Gasteiger partial charge in [0, 0.05) is 0 Å². The van der Waals surface area contributed by atoms with Crippen molar-refractivity contribution >= 4 is 5.97 Å². The second-order valence-corrected chi connectivity index (χ2v) is 2.64. The molecule has 1 atom stereocenters. The van der Waals surface area contributed by atoms with Gasteiger partial charge < -0.3 is 15.3 Å². The fourth-order valence-electron chi connectivity index (χ4n) is 1.01. The average molecular weight is 169 g/mol. The van der Waals surface area contributed by atoms with Crippen LogP contribution in [0.4, 0.5) is 0 Å². The van der Waals surface area contributed by atoms with Crippen LogP contribution in [0.5, 0.6) is 0 Å². The summed E-state index contributed by atoms with van der Waals surface area (Å²) in [6.45, 7) is -0.620. The number of carbonyl (C=O) groups is 1. The van der Waals surface area contributed by atoms with E-state index in [4.69, 9.17) is 10.2 Å². The van der Waals surface area contributed by atoms with Crippen LogP contribution in [0.1, 0.15) is 6.42 Å². The highest BCUT2D eigenvalue weighted by atomic mass is 16.4. The van der Waals surface area contributed by atoms with Crippen molar-refractivity contribution in [3.05, 3.63) is 24.0 Å². The largest absolute Gasteiger partial charge is 0.511 e. The lowest BCUT2D eigenvalue weighted by molar-refractivity contribution is -0.150. The van der Waals surface area contributed by atoms with E-state index >= 15 is 0 Å². The third-order valence-electron chi connectivity index (χ3n) is 1.93. The van der Waals surface area contributed by atoms with Crippen LogP contribution in [0.25, 0.3) is 0 Å². The quantitative estimate of drug-likeness (QED) is 0.554. The summed E-state index contributed by atoms with van der Waals surface area (Å²) in [5.41, 5.74) is -1.57. The normalized spacial score (nSPS) is 28.2. The Kier molecular flexibility index (Phi) is 2.19. The molecule has 1 aliphatic carbocycles. The second-order valence-electron chi connectivity index (χ2n) is 2.64. The van der Waals surface area contributed by atoms with Crippen molar-refractivity contribution in [3.8, 4) is 0 Å². The van der Waals surface area contributed by atoms with Gasteiger partial charge in [0.2, 0.25) is 0 Å². The number of aliphatic hydroxyl groups is 2. The molecule has 3 N–H and O–H groups in total. The van der Waals surface area contributed by atoms with Gasteiger partial charge in [0.05, 0.1) is 6.61 Å². The smallest absolute Gasteiger partial charge is 0.320 e. The van der Waals surface area contributed by atoms with Crippen molar-refractivity contribution < 1.29 is 20.1 Å². The average Bonchev–Trinajstić information content (AvgIpc) is 2.05. The van der Waals surface area contributed by atoms with E-state index in [1.165, 1.54) is 12.2 Å². The highest BCUT2D eigenvalue weighted by Gasteiger charge is 2.42. The number of aliphatic hydroxyl groups excluding tert-OH is 2. The first-order chi connectivity index (χ1) is 5.63. The van der Waals surface area contributed by atoms with Crippen molar-refractivity contribution in [1.82, 2.24) is 0 Å². The fourth-order valence-corrected chi connectivity index (χ4v) is 1.01. The van der Waals surface area contributed by atoms with E-state index in [0.29, 0.717) is 0 Å². The molecule has 1 rings (SSSR count). The number of hydrogen-bond donors (Lipinski definition) is 3. The predicted octanol–water partition coefficient (Wildman–Crippen LogP) is 0.255. The van der Waals surface area contributed by atoms with E-state index in [2.05, 4.69) is 6.08 Å². The third-order valence-corrected chi connectivity index (χ3v) is 1.93. The summed E-state index contributed by atoms with van der Waals surface area (Å²) < 4.78 is 0. The van der Waals surface area contributed by atoms with Crippen molar-refractivity contribution in [2.24, 2.45) is 5.41 Å². The molecule has 0 aliphatic heterocycles. The molecule has 4 heteroatoms. The Balaban J connectivity index is 3.03. The van der Waals surface area contributed by atoms with Crippen LogP contribution in [0, 0.1) is 11.5 Å². The Hall–Kier alpha value is -1.29. The molecule has 0 amide bonds. The van der Waals surface area contributed by atoms with Gasteiger partial charge in [-0.3, -0.25) is 4.79 Å². The van der Waals surface area contributed by atoms with Crippen molar-refractivity contribution in [2.75, 3.05) is 6.61 Å². The van der Waals surface area contributed by atoms with Gasteiger partial charge in [-0.1, -0.05) is 6.08 Å². The van der Waals surface area contributed by atoms with E-state index in [1.54, 1.807) is 0 Å². The number of aliphatic carboxylic acids is 1. The number of carboxylic acid groups (broad SMARTS) is 1. The zero-order chi connectivity index (χ0) is 9.19. The van der Waals surface area contributed by atoms with Crippen LogP contribution in [-0.2, 0) is 4.79 Å². The lowest BCUT2D eigenvalue weighted by Crippen LogP contribution is -2.37. The molecule has 0 aromatic carbocycles. The molecule has 0 spiro atoms. The molecule has 12 heavy (non-hydrogen) atoms. The molecule has 0 saturated carbocycles. The van der Waals surface area contributed by atoms with E-state index in [9.17, 15) is 9.90 Å². The monoisotopic (exact) mass is 169 g/mol. The summed E-state index contributed by atoms with van der Waals surface area (Å²) in [6.07, 6.45) is 5.30. The molecule has 65 valence electrons. The van der Waals surface area contributed by atoms with Crippen LogP contribution in [0.3, 0.4) is 0 Å². The Morgan fingerprint density at radius 1 is 1.75 bits per heavy atom. The molecule has 1 unspecified atom stereocenters. The van der Waals surface area contributed by atoms with Crippen LogP contribution in [-0.4, -0.2) is 27.9 Å². The maximum absolute atomic E-state index is 10.7. The summed E-state index contributed by atoms with van der Waals surface area (Å²) in [5, 5.41) is 26.8. The Morgan fingerprint density at radius 3 is 2.75 bits per heavy atom. The molecule has 0 fully saturated rings. The minimum atomic E-state index is -1.57. The molecule has 0 bridgehead atoms. The van der Waals surface area contributed by atoms with Crippen LogP contribution in [0.2, 0.25) is 0 Å². The van der Waals surface area contributed by atoms with E-state index in [-0.39, 0.29) is 12.2 Å². The molecule has 0 saturated heterocycles. The maximum Gasteiger partial charge on any atom is 0.320 e. The van der Waals surface area contributed by atoms with Gasteiger partial charge in [-0.15, -0.1) is 0 Å². The standard InChI is InChI=1S/C8H9O4/c9-5-8(7(11)12)4-2-1-3-6(8)10/h1,3,9-10H,4-5H2,(H,11,12). The molecule has 0 heterocycles. The topological polar surface area (TPSA) is 77.8 Å². The number of rotatable bonds is 2. The molecular formula is C8H9O4. The highest BCUT2D eigenvalue weighted by Crippen LogP contribution is 2.32. The number of hydrogen-bond acceptors (Lipinski definition) is 3. The van der Waals surface area contributed by atoms with Gasteiger partial charge >= 0.3 is 5.97 Å². The van der Waals surface area contributed by atoms with Gasteiger partial charge in [-0.05, 0) is 18.6 Å². The lowest BCUT2D eigenvalue weighted by atomic mass is 9.80. The summed E-state index contributed by atoms with van der Waals surface area (Å²) in [4.78, 5) is 10.7. The molecule has 4 nitrogen and oxygen atoms in total. The van der Waals surface area contributed by atoms with E-state index in [0.717, 1.165) is 0 Å². The Bertz CT molecular complexity index is 254. The van der Waals surface area contributed by atoms with Crippen LogP contribution in [0.15, 0.2) is 17.9 Å². The van der Waals surface area contributed by atoms with E-state index in [1.807, 2.05) is 0 Å². The fraction of sp³-hybridized carbons (Fsp3) is 0.375. The first kappa shape index (κ1) is 8.80. The molecule has 1 radical (unpaired) electrons. The van der Waals surface area contributed by atoms with Gasteiger partial charge in [-0.2, -0.15) is 0 Å². The van der Waals surface area contributed by atoms with Crippen molar-refractivity contribution in [1.29, 1.82) is 0 Å². The van der Waals surface area contributed by atoms with Gasteiger partial charge in [0.15, 0.2) is 5.41 Å². The maximum atomic E-state index is 10.7. The summed E-state index contributed by atoms with van der Waals surface area (Å²) in [5.74, 6) is -1.56. The van der Waals surface area contributed by atoms with Gasteiger partial charge in [-0.25, -0.2) is 0 Å². The molecule has 1 aliphatic rings. The second kappa shape index (κ2) is 2.98. The summed E-state index contributed by atoms with van der Waals surface area (Å²) in [6, 6.07) is 0. The Morgan fingerprint density at radius 2 is 2.42 bits per heavy atom. The van der Waals surface area contributed by atoms with Crippen molar-refractivity contribution in [3.63, 3.8) is 0 Å². The lowest BCUT2D eigenvalue weighted by Gasteiger charge is -2.26. The number of carboxylic acids is 1. The minimum Gasteiger partial charge on any atom is -0.511 e. The summed E-state index contributed by atoms with van der Waals surface area (Å²) >= 11 is 0. The zero-order valence-electron chi connectivity index (χ0n) is 6.32. The van der Waals surface area contributed by atoms with Gasteiger partial charge in [0.25, 0.3) is 0 Å². The third kappa shape index (κ3) is 1.10. The van der Waals surface area contributed by atoms with Crippen LogP contribution < -0.4 is 0 Å². The summed E-state index contributed by atoms with van der Waals surface area (Å²) in [7, 11) is 0. The minimum absolute atomic E-state index is 0.00116. The van der Waals surface area contributed by atoms with E-state index < -0.39 is 18.0 Å². The number of allylic oxidation sites excluding steroid dienone is 3. The molecular weight excluding hydrogens is 160 g/mol. The Labute approximate surface area is 69.5 Å². The van der Waals surface area contributed by atoms with Crippen molar-refractivity contribution in [2.45, 2.75) is 6.42 Å². The first-order valence-corrected chi connectivity index (χ1v) is 3.44. The SMILES string of the molecule is O=C(O)C1(CO)C[C]=CC=C1O.